The van der Waals surface area contributed by atoms with E-state index in [2.05, 4.69) is 39.4 Å². The Kier molecular flexibility index (Phi) is 9.91. The summed E-state index contributed by atoms with van der Waals surface area (Å²) in [4.78, 5) is 12.9. The van der Waals surface area contributed by atoms with Crippen LogP contribution in [0.5, 0.6) is 11.8 Å². The van der Waals surface area contributed by atoms with Crippen molar-refractivity contribution in [1.29, 1.82) is 0 Å². The number of benzene rings is 1. The van der Waals surface area contributed by atoms with Gasteiger partial charge in [0.1, 0.15) is 19.2 Å². The van der Waals surface area contributed by atoms with E-state index in [-0.39, 0.29) is 6.01 Å². The maximum Gasteiger partial charge on any atom is 0.328 e. The summed E-state index contributed by atoms with van der Waals surface area (Å²) in [7, 11) is 0. The summed E-state index contributed by atoms with van der Waals surface area (Å²) in [6.45, 7) is 6.27. The Bertz CT molecular complexity index is 610. The molecule has 0 fully saturated rings. The molecule has 8 nitrogen and oxygen atoms in total. The van der Waals surface area contributed by atoms with Crippen molar-refractivity contribution in [2.24, 2.45) is 0 Å². The topological polar surface area (TPSA) is 90.4 Å². The Labute approximate surface area is 160 Å². The van der Waals surface area contributed by atoms with Crippen LogP contribution < -0.4 is 15.4 Å². The Morgan fingerprint density at radius 2 is 1.33 bits per heavy atom. The summed E-state index contributed by atoms with van der Waals surface area (Å²) in [6, 6.07) is 9.57. The molecule has 0 aliphatic rings. The van der Waals surface area contributed by atoms with Gasteiger partial charge in [0.2, 0.25) is 11.9 Å². The zero-order valence-corrected chi connectivity index (χ0v) is 16.1. The summed E-state index contributed by atoms with van der Waals surface area (Å²) in [6.07, 6.45) is 4.21. The number of para-hydroxylation sites is 1. The predicted octanol–water partition coefficient (Wildman–Crippen LogP) is 4.04. The molecule has 2 N–H and O–H groups in total. The number of nitrogens with zero attached hydrogens (tertiary/aromatic N) is 3. The highest BCUT2D eigenvalue weighted by atomic mass is 16.5. The molecule has 2 rings (SSSR count). The van der Waals surface area contributed by atoms with E-state index in [1.165, 1.54) is 0 Å². The van der Waals surface area contributed by atoms with Crippen molar-refractivity contribution in [1.82, 2.24) is 15.0 Å². The smallest absolute Gasteiger partial charge is 0.328 e. The van der Waals surface area contributed by atoms with Crippen molar-refractivity contribution in [2.75, 3.05) is 37.3 Å². The van der Waals surface area contributed by atoms with Gasteiger partial charge in [-0.1, -0.05) is 44.9 Å². The fourth-order valence-corrected chi connectivity index (χ4v) is 2.02. The van der Waals surface area contributed by atoms with Crippen LogP contribution in [0.15, 0.2) is 30.3 Å². The minimum Gasteiger partial charge on any atom is -0.424 e. The summed E-state index contributed by atoms with van der Waals surface area (Å²) in [5, 5.41) is 6.07. The van der Waals surface area contributed by atoms with E-state index in [4.69, 9.17) is 14.2 Å². The van der Waals surface area contributed by atoms with Gasteiger partial charge in [0.15, 0.2) is 0 Å². The Hall–Kier alpha value is -2.45. The highest BCUT2D eigenvalue weighted by molar-refractivity contribution is 5.36. The van der Waals surface area contributed by atoms with Gasteiger partial charge in [0.25, 0.3) is 0 Å². The number of nitrogens with one attached hydrogen (secondary N) is 2. The van der Waals surface area contributed by atoms with Gasteiger partial charge in [-0.05, 0) is 25.0 Å². The van der Waals surface area contributed by atoms with Crippen molar-refractivity contribution in [3.05, 3.63) is 30.3 Å². The van der Waals surface area contributed by atoms with Gasteiger partial charge < -0.3 is 24.8 Å². The van der Waals surface area contributed by atoms with Crippen molar-refractivity contribution in [3.8, 4) is 11.8 Å². The molecule has 0 amide bonds. The highest BCUT2D eigenvalue weighted by Gasteiger charge is 2.08. The molecular formula is C19H29N5O3. The Morgan fingerprint density at radius 1 is 0.778 bits per heavy atom. The van der Waals surface area contributed by atoms with Gasteiger partial charge >= 0.3 is 6.01 Å². The number of hydrogen-bond acceptors (Lipinski definition) is 8. The van der Waals surface area contributed by atoms with Gasteiger partial charge in [-0.3, -0.25) is 0 Å². The molecule has 0 bridgehead atoms. The van der Waals surface area contributed by atoms with E-state index in [9.17, 15) is 0 Å². The second kappa shape index (κ2) is 12.8. The van der Waals surface area contributed by atoms with Crippen molar-refractivity contribution < 1.29 is 14.2 Å². The van der Waals surface area contributed by atoms with Gasteiger partial charge in [0.05, 0.1) is 0 Å². The Morgan fingerprint density at radius 3 is 1.85 bits per heavy atom. The number of anilines is 2. The molecule has 1 heterocycles. The zero-order chi connectivity index (χ0) is 19.2. The summed E-state index contributed by atoms with van der Waals surface area (Å²) < 4.78 is 16.7. The van der Waals surface area contributed by atoms with Crippen LogP contribution in [0.1, 0.15) is 39.5 Å². The lowest BCUT2D eigenvalue weighted by Crippen LogP contribution is -2.14. The van der Waals surface area contributed by atoms with Crippen molar-refractivity contribution in [2.45, 2.75) is 39.5 Å². The van der Waals surface area contributed by atoms with Crippen LogP contribution in [-0.2, 0) is 9.47 Å². The maximum absolute atomic E-state index is 5.73. The number of hydrogen-bond donors (Lipinski definition) is 2. The normalized spacial score (nSPS) is 10.6. The molecule has 0 atom stereocenters. The first-order valence-corrected chi connectivity index (χ1v) is 9.44. The predicted molar refractivity (Wildman–Crippen MR) is 105 cm³/mol. The van der Waals surface area contributed by atoms with E-state index in [1.807, 2.05) is 30.3 Å². The maximum atomic E-state index is 5.73. The fraction of sp³-hybridized carbons (Fsp3) is 0.526. The number of aromatic nitrogens is 3. The molecule has 0 saturated carbocycles. The minimum atomic E-state index is 0.198. The lowest BCUT2D eigenvalue weighted by Gasteiger charge is -2.11. The van der Waals surface area contributed by atoms with Gasteiger partial charge in [0, 0.05) is 13.2 Å². The molecular weight excluding hydrogens is 346 g/mol. The summed E-state index contributed by atoms with van der Waals surface area (Å²) in [5.74, 6) is 1.41. The van der Waals surface area contributed by atoms with E-state index >= 15 is 0 Å². The molecule has 0 unspecified atom stereocenters. The van der Waals surface area contributed by atoms with Crippen LogP contribution in [-0.4, -0.2) is 41.6 Å². The number of unbranched alkanes of at least 4 members (excludes halogenated alkanes) is 2. The third-order valence-corrected chi connectivity index (χ3v) is 3.52. The quantitative estimate of drug-likeness (QED) is 0.378. The third-order valence-electron chi connectivity index (χ3n) is 3.52. The summed E-state index contributed by atoms with van der Waals surface area (Å²) >= 11 is 0. The monoisotopic (exact) mass is 375 g/mol. The number of rotatable bonds is 14. The lowest BCUT2D eigenvalue weighted by molar-refractivity contribution is 0.148. The molecule has 0 aliphatic carbocycles. The second-order valence-corrected chi connectivity index (χ2v) is 5.85. The lowest BCUT2D eigenvalue weighted by atomic mass is 10.3. The molecule has 8 heteroatoms. The van der Waals surface area contributed by atoms with Crippen LogP contribution >= 0.6 is 0 Å². The van der Waals surface area contributed by atoms with Gasteiger partial charge in [-0.2, -0.15) is 15.0 Å². The van der Waals surface area contributed by atoms with Gasteiger partial charge in [-0.15, -0.1) is 0 Å². The zero-order valence-electron chi connectivity index (χ0n) is 16.1. The van der Waals surface area contributed by atoms with E-state index in [0.29, 0.717) is 44.3 Å². The largest absolute Gasteiger partial charge is 0.424 e. The van der Waals surface area contributed by atoms with E-state index < -0.39 is 0 Å². The molecule has 1 aromatic carbocycles. The van der Waals surface area contributed by atoms with Crippen LogP contribution in [0.3, 0.4) is 0 Å². The third kappa shape index (κ3) is 8.65. The average Bonchev–Trinajstić information content (AvgIpc) is 2.68. The first kappa shape index (κ1) is 20.9. The van der Waals surface area contributed by atoms with Crippen LogP contribution in [0, 0.1) is 0 Å². The molecule has 2 aromatic rings. The first-order valence-electron chi connectivity index (χ1n) is 9.44. The Balaban J connectivity index is 1.97. The van der Waals surface area contributed by atoms with Gasteiger partial charge in [-0.25, -0.2) is 0 Å². The highest BCUT2D eigenvalue weighted by Crippen LogP contribution is 2.19. The standard InChI is InChI=1S/C19H29N5O3/c1-3-5-12-25-14-20-17-22-18(21-15-26-13-6-4-2)24-19(23-17)27-16-10-8-7-9-11-16/h7-11H,3-6,12-15H2,1-2H3,(H2,20,21,22,23,24). The first-order chi connectivity index (χ1) is 13.3. The van der Waals surface area contributed by atoms with Crippen LogP contribution in [0.4, 0.5) is 11.9 Å². The molecule has 1 aromatic heterocycles. The number of ether oxygens (including phenoxy) is 3. The summed E-state index contributed by atoms with van der Waals surface area (Å²) in [5.41, 5.74) is 0. The molecule has 148 valence electrons. The van der Waals surface area contributed by atoms with Crippen molar-refractivity contribution >= 4 is 11.9 Å². The fourth-order valence-electron chi connectivity index (χ4n) is 2.02. The van der Waals surface area contributed by atoms with Crippen LogP contribution in [0.25, 0.3) is 0 Å². The molecule has 27 heavy (non-hydrogen) atoms. The molecule has 0 saturated heterocycles. The van der Waals surface area contributed by atoms with E-state index in [1.54, 1.807) is 0 Å². The average molecular weight is 375 g/mol. The second-order valence-electron chi connectivity index (χ2n) is 5.85. The molecule has 0 spiro atoms. The minimum absolute atomic E-state index is 0.198. The molecule has 0 aliphatic heterocycles. The molecule has 0 radical (unpaired) electrons. The van der Waals surface area contributed by atoms with Crippen LogP contribution in [0.2, 0.25) is 0 Å². The van der Waals surface area contributed by atoms with E-state index in [0.717, 1.165) is 25.7 Å². The van der Waals surface area contributed by atoms with Crippen molar-refractivity contribution in [3.63, 3.8) is 0 Å². The SMILES string of the molecule is CCCCOCNc1nc(NCOCCCC)nc(Oc2ccccc2)n1.